The van der Waals surface area contributed by atoms with E-state index in [2.05, 4.69) is 66.0 Å². The first-order valence-electron chi connectivity index (χ1n) is 20.4. The number of piperazine rings is 2. The van der Waals surface area contributed by atoms with Gasteiger partial charge in [0.2, 0.25) is 35.7 Å². The molecular formula is C38H54N14O10S2. The van der Waals surface area contributed by atoms with Gasteiger partial charge in [0.15, 0.2) is 0 Å². The molecule has 10 N–H and O–H groups in total. The molecule has 2 unspecified atom stereocenters. The summed E-state index contributed by atoms with van der Waals surface area (Å²) in [7, 11) is -4.77. The molecule has 2 atom stereocenters. The van der Waals surface area contributed by atoms with Gasteiger partial charge in [-0.05, 0) is 49.2 Å². The second-order valence-corrected chi connectivity index (χ2v) is 17.1. The van der Waals surface area contributed by atoms with Crippen LogP contribution < -0.4 is 31.1 Å². The zero-order valence-corrected chi connectivity index (χ0v) is 36.9. The monoisotopic (exact) mass is 930 g/mol. The zero-order chi connectivity index (χ0) is 45.6. The average Bonchev–Trinajstić information content (AvgIpc) is 3.27. The highest BCUT2D eigenvalue weighted by atomic mass is 32.2. The number of hydrogen-bond acceptors (Lipinski definition) is 24. The number of benzene rings is 2. The van der Waals surface area contributed by atoms with Crippen LogP contribution in [0.15, 0.2) is 46.2 Å². The minimum Gasteiger partial charge on any atom is -0.395 e. The van der Waals surface area contributed by atoms with Gasteiger partial charge < -0.3 is 51.5 Å². The van der Waals surface area contributed by atoms with Crippen LogP contribution in [0.3, 0.4) is 0 Å². The Hall–Kier alpha value is -5.10. The predicted octanol–water partition coefficient (Wildman–Crippen LogP) is 1.20. The van der Waals surface area contributed by atoms with Gasteiger partial charge in [0, 0.05) is 94.8 Å². The fourth-order valence-corrected chi connectivity index (χ4v) is 7.89. The average molecular weight is 931 g/mol. The molecule has 0 aliphatic carbocycles. The Labute approximate surface area is 374 Å². The number of β-amino-alcohol motifs (C(OH)–C–C–N with tert-alkyl or cyclic N) is 2. The molecule has 2 aliphatic rings. The van der Waals surface area contributed by atoms with Gasteiger partial charge >= 0.3 is 0 Å². The minimum atomic E-state index is -4.77. The lowest BCUT2D eigenvalue weighted by molar-refractivity contribution is -0.432. The molecule has 64 heavy (non-hydrogen) atoms. The first-order valence-corrected chi connectivity index (χ1v) is 22.6. The van der Waals surface area contributed by atoms with Crippen LogP contribution in [0.25, 0.3) is 12.2 Å². The molecule has 348 valence electrons. The standard InChI is InChI=1S/C38H54N14O10S2/c1-25(55)23-39-33-43-35(47-37(45-33)51-13-9-49(10-14-51)17-19-53)41-29-7-5-27(31(21-29)63-62-61-57)3-4-28-6-8-30(22-32(28)64(58,59)60)42-36-44-34(40-24-26(2)56)46-38(48-36)52-15-11-50(12-16-52)18-20-54/h3-8,21-22,25-26,53-57H,9-20,23-24H2,1-2H3,(H,58,59,60)(H2,39,41,43,45,47)(H2,40,42,44,46,48)/b4-3+. The van der Waals surface area contributed by atoms with E-state index in [1.165, 1.54) is 18.2 Å². The highest BCUT2D eigenvalue weighted by Gasteiger charge is 2.23. The van der Waals surface area contributed by atoms with Gasteiger partial charge in [0.05, 0.1) is 37.5 Å². The molecule has 2 fully saturated rings. The molecule has 0 radical (unpaired) electrons. The van der Waals surface area contributed by atoms with Crippen LogP contribution in [-0.2, 0) is 19.5 Å². The van der Waals surface area contributed by atoms with Crippen LogP contribution in [0.4, 0.5) is 47.1 Å². The van der Waals surface area contributed by atoms with Crippen LogP contribution in [0.1, 0.15) is 25.0 Å². The van der Waals surface area contributed by atoms with E-state index in [0.717, 1.165) is 0 Å². The summed E-state index contributed by atoms with van der Waals surface area (Å²) in [5.74, 6) is 1.46. The molecule has 24 nitrogen and oxygen atoms in total. The van der Waals surface area contributed by atoms with Gasteiger partial charge in [-0.2, -0.15) is 38.3 Å². The van der Waals surface area contributed by atoms with Crippen LogP contribution in [-0.4, -0.2) is 182 Å². The predicted molar refractivity (Wildman–Crippen MR) is 240 cm³/mol. The molecule has 2 aliphatic heterocycles. The number of nitrogens with zero attached hydrogens (tertiary/aromatic N) is 10. The van der Waals surface area contributed by atoms with E-state index < -0.39 is 27.2 Å². The number of anilines is 8. The number of aliphatic hydroxyl groups excluding tert-OH is 4. The van der Waals surface area contributed by atoms with E-state index in [0.29, 0.717) is 106 Å². The lowest BCUT2D eigenvalue weighted by atomic mass is 10.1. The molecule has 2 aromatic heterocycles. The fourth-order valence-electron chi connectivity index (χ4n) is 6.67. The highest BCUT2D eigenvalue weighted by molar-refractivity contribution is 7.94. The molecule has 2 aromatic carbocycles. The van der Waals surface area contributed by atoms with E-state index >= 15 is 0 Å². The van der Waals surface area contributed by atoms with Gasteiger partial charge in [-0.25, -0.2) is 5.26 Å². The van der Waals surface area contributed by atoms with E-state index in [9.17, 15) is 33.4 Å². The molecule has 4 heterocycles. The first-order chi connectivity index (χ1) is 30.8. The summed E-state index contributed by atoms with van der Waals surface area (Å²) >= 11 is 0.665. The van der Waals surface area contributed by atoms with Crippen molar-refractivity contribution in [3.8, 4) is 0 Å². The van der Waals surface area contributed by atoms with Gasteiger partial charge in [-0.3, -0.25) is 14.4 Å². The van der Waals surface area contributed by atoms with Gasteiger partial charge in [0.1, 0.15) is 4.90 Å². The number of hydrogen-bond donors (Lipinski definition) is 10. The van der Waals surface area contributed by atoms with Gasteiger partial charge in [-0.15, -0.1) is 4.33 Å². The molecule has 4 aromatic rings. The number of aromatic nitrogens is 6. The highest BCUT2D eigenvalue weighted by Crippen LogP contribution is 2.32. The summed E-state index contributed by atoms with van der Waals surface area (Å²) in [5.41, 5.74) is 1.37. The van der Waals surface area contributed by atoms with Crippen molar-refractivity contribution in [3.05, 3.63) is 47.5 Å². The van der Waals surface area contributed by atoms with E-state index in [1.807, 2.05) is 9.80 Å². The Morgan fingerprint density at radius 2 is 1.14 bits per heavy atom. The minimum absolute atomic E-state index is 0.0538. The molecule has 26 heteroatoms. The van der Waals surface area contributed by atoms with Crippen LogP contribution in [0, 0.1) is 0 Å². The quantitative estimate of drug-likeness (QED) is 0.0174. The largest absolute Gasteiger partial charge is 0.395 e. The molecular weight excluding hydrogens is 877 g/mol. The lowest BCUT2D eigenvalue weighted by Crippen LogP contribution is -2.47. The van der Waals surface area contributed by atoms with Crippen molar-refractivity contribution < 1.29 is 48.0 Å². The third-order valence-electron chi connectivity index (χ3n) is 9.92. The molecule has 0 amide bonds. The van der Waals surface area contributed by atoms with Crippen molar-refractivity contribution in [2.75, 3.05) is 123 Å². The Morgan fingerprint density at radius 1 is 0.688 bits per heavy atom. The second-order valence-electron chi connectivity index (χ2n) is 14.9. The third-order valence-corrected chi connectivity index (χ3v) is 11.5. The zero-order valence-electron chi connectivity index (χ0n) is 35.3. The van der Waals surface area contributed by atoms with Crippen LogP contribution >= 0.6 is 12.0 Å². The first kappa shape index (κ1) is 48.4. The van der Waals surface area contributed by atoms with Crippen molar-refractivity contribution in [2.24, 2.45) is 0 Å². The molecule has 0 spiro atoms. The maximum Gasteiger partial charge on any atom is 0.295 e. The number of rotatable bonds is 22. The van der Waals surface area contributed by atoms with Crippen molar-refractivity contribution in [1.29, 1.82) is 0 Å². The van der Waals surface area contributed by atoms with Gasteiger partial charge in [0.25, 0.3) is 10.1 Å². The Morgan fingerprint density at radius 3 is 1.59 bits per heavy atom. The summed E-state index contributed by atoms with van der Waals surface area (Å²) in [6.45, 7) is 10.0. The molecule has 0 bridgehead atoms. The van der Waals surface area contributed by atoms with E-state index in [4.69, 9.17) is 9.59 Å². The number of nitrogens with one attached hydrogen (secondary N) is 4. The van der Waals surface area contributed by atoms with E-state index in [-0.39, 0.29) is 61.3 Å². The second kappa shape index (κ2) is 23.2. The Bertz CT molecular complexity index is 2280. The summed E-state index contributed by atoms with van der Waals surface area (Å²) in [4.78, 5) is 35.4. The van der Waals surface area contributed by atoms with E-state index in [1.54, 1.807) is 44.2 Å². The van der Waals surface area contributed by atoms with Crippen molar-refractivity contribution in [3.63, 3.8) is 0 Å². The van der Waals surface area contributed by atoms with Crippen molar-refractivity contribution >= 4 is 81.4 Å². The van der Waals surface area contributed by atoms with Crippen LogP contribution in [0.2, 0.25) is 0 Å². The lowest BCUT2D eigenvalue weighted by Gasteiger charge is -2.34. The Balaban J connectivity index is 1.23. The maximum atomic E-state index is 12.8. The van der Waals surface area contributed by atoms with Crippen LogP contribution in [0.5, 0.6) is 0 Å². The van der Waals surface area contributed by atoms with Gasteiger partial charge in [-0.1, -0.05) is 29.3 Å². The molecule has 0 saturated carbocycles. The maximum absolute atomic E-state index is 12.8. The molecule has 2 saturated heterocycles. The smallest absolute Gasteiger partial charge is 0.295 e. The van der Waals surface area contributed by atoms with Crippen molar-refractivity contribution in [2.45, 2.75) is 35.8 Å². The Kier molecular flexibility index (Phi) is 17.5. The SMILES string of the molecule is CC(O)CNc1nc(Nc2ccc(/C=C/c3ccc(Nc4nc(NCC(C)O)nc(N5CCN(CCO)CC5)n4)cc3S(=O)(=O)O)c(SOOO)c2)nc(N2CCN(CCO)CC2)n1. The third kappa shape index (κ3) is 14.2. The van der Waals surface area contributed by atoms with Crippen molar-refractivity contribution in [1.82, 2.24) is 39.7 Å². The summed E-state index contributed by atoms with van der Waals surface area (Å²) in [6, 6.07) is 9.37. The topological polar surface area (TPSA) is 312 Å². The normalized spacial score (nSPS) is 16.2. The summed E-state index contributed by atoms with van der Waals surface area (Å²) in [5, 5.41) is 63.5. The number of aliphatic hydroxyl groups is 4. The fraction of sp³-hybridized carbons (Fsp3) is 0.474. The summed E-state index contributed by atoms with van der Waals surface area (Å²) < 4.78 is 40.7. The molecule has 6 rings (SSSR count). The summed E-state index contributed by atoms with van der Waals surface area (Å²) in [6.07, 6.45) is 1.70.